The first-order valence-corrected chi connectivity index (χ1v) is 12.7. The lowest BCUT2D eigenvalue weighted by atomic mass is 9.99. The number of nitrogens with one attached hydrogen (secondary N) is 1. The third-order valence-electron chi connectivity index (χ3n) is 5.06. The van der Waals surface area contributed by atoms with E-state index in [2.05, 4.69) is 10.3 Å². The van der Waals surface area contributed by atoms with E-state index in [4.69, 9.17) is 0 Å². The van der Waals surface area contributed by atoms with Crippen molar-refractivity contribution in [1.29, 1.82) is 0 Å². The molecule has 1 amide bonds. The number of hydrogen-bond donors (Lipinski definition) is 1. The van der Waals surface area contributed by atoms with Crippen LogP contribution < -0.4 is 5.32 Å². The van der Waals surface area contributed by atoms with E-state index in [0.29, 0.717) is 35.8 Å². The number of hydrogen-bond acceptors (Lipinski definition) is 6. The van der Waals surface area contributed by atoms with Crippen LogP contribution in [-0.2, 0) is 14.8 Å². The van der Waals surface area contributed by atoms with Crippen LogP contribution in [0.1, 0.15) is 17.7 Å². The van der Waals surface area contributed by atoms with E-state index in [0.717, 1.165) is 28.3 Å². The summed E-state index contributed by atoms with van der Waals surface area (Å²) in [5.74, 6) is -2.72. The molecule has 4 rings (SSSR count). The van der Waals surface area contributed by atoms with Crippen LogP contribution in [0.2, 0.25) is 0 Å². The van der Waals surface area contributed by atoms with Gasteiger partial charge in [0.2, 0.25) is 5.91 Å². The smallest absolute Gasteiger partial charge is 0.252 e. The molecule has 1 saturated heterocycles. The van der Waals surface area contributed by atoms with E-state index in [1.165, 1.54) is 21.7 Å². The molecule has 11 heteroatoms. The van der Waals surface area contributed by atoms with Gasteiger partial charge in [-0.15, -0.1) is 22.7 Å². The number of rotatable bonds is 5. The highest BCUT2D eigenvalue weighted by atomic mass is 32.2. The number of aryl methyl sites for hydroxylation is 1. The van der Waals surface area contributed by atoms with E-state index in [1.54, 1.807) is 24.4 Å². The first kappa shape index (κ1) is 22.0. The Bertz CT molecular complexity index is 1210. The SMILES string of the molecule is Cc1sc(NC(=O)C2CCCN(S(=O)(=O)c3cccs3)C2)nc1-c1ccc(F)c(F)c1. The van der Waals surface area contributed by atoms with Crippen LogP contribution in [0.15, 0.2) is 39.9 Å². The van der Waals surface area contributed by atoms with E-state index in [1.807, 2.05) is 0 Å². The molecule has 0 spiro atoms. The number of halogens is 2. The fourth-order valence-electron chi connectivity index (χ4n) is 3.48. The van der Waals surface area contributed by atoms with Gasteiger partial charge in [0, 0.05) is 23.5 Å². The number of nitrogens with zero attached hydrogens (tertiary/aromatic N) is 2. The van der Waals surface area contributed by atoms with Crippen molar-refractivity contribution in [3.8, 4) is 11.3 Å². The highest BCUT2D eigenvalue weighted by Crippen LogP contribution is 2.32. The van der Waals surface area contributed by atoms with E-state index >= 15 is 0 Å². The van der Waals surface area contributed by atoms with Crippen molar-refractivity contribution < 1.29 is 22.0 Å². The van der Waals surface area contributed by atoms with Crippen LogP contribution in [0.4, 0.5) is 13.9 Å². The fraction of sp³-hybridized carbons (Fsp3) is 0.300. The first-order chi connectivity index (χ1) is 14.8. The summed E-state index contributed by atoms with van der Waals surface area (Å²) in [6.07, 6.45) is 1.16. The summed E-state index contributed by atoms with van der Waals surface area (Å²) in [6.45, 7) is 2.26. The van der Waals surface area contributed by atoms with Crippen LogP contribution >= 0.6 is 22.7 Å². The van der Waals surface area contributed by atoms with E-state index in [9.17, 15) is 22.0 Å². The Balaban J connectivity index is 1.48. The van der Waals surface area contributed by atoms with Crippen molar-refractivity contribution in [3.63, 3.8) is 0 Å². The molecule has 1 N–H and O–H groups in total. The van der Waals surface area contributed by atoms with Crippen molar-refractivity contribution in [2.45, 2.75) is 24.0 Å². The van der Waals surface area contributed by atoms with Gasteiger partial charge in [0.25, 0.3) is 10.0 Å². The minimum atomic E-state index is -3.61. The molecule has 1 aliphatic rings. The number of thiazole rings is 1. The fourth-order valence-corrected chi connectivity index (χ4v) is 6.99. The second-order valence-corrected chi connectivity index (χ2v) is 11.5. The maximum Gasteiger partial charge on any atom is 0.252 e. The molecule has 1 atom stereocenters. The van der Waals surface area contributed by atoms with Crippen molar-refractivity contribution >= 4 is 43.7 Å². The Hall–Kier alpha value is -2.21. The highest BCUT2D eigenvalue weighted by molar-refractivity contribution is 7.91. The lowest BCUT2D eigenvalue weighted by Gasteiger charge is -2.30. The van der Waals surface area contributed by atoms with Crippen molar-refractivity contribution in [2.24, 2.45) is 5.92 Å². The molecular formula is C20H19F2N3O3S3. The molecule has 1 unspecified atom stereocenters. The zero-order valence-electron chi connectivity index (χ0n) is 16.5. The number of carbonyl (C=O) groups excluding carboxylic acids is 1. The van der Waals surface area contributed by atoms with E-state index in [-0.39, 0.29) is 16.7 Å². The molecule has 164 valence electrons. The number of carbonyl (C=O) groups is 1. The Labute approximate surface area is 186 Å². The minimum absolute atomic E-state index is 0.104. The molecule has 31 heavy (non-hydrogen) atoms. The predicted molar refractivity (Wildman–Crippen MR) is 117 cm³/mol. The molecule has 0 saturated carbocycles. The topological polar surface area (TPSA) is 79.4 Å². The average Bonchev–Trinajstić information content (AvgIpc) is 3.41. The summed E-state index contributed by atoms with van der Waals surface area (Å²) in [7, 11) is -3.61. The Kier molecular flexibility index (Phi) is 6.20. The predicted octanol–water partition coefficient (Wildman–Crippen LogP) is 4.50. The zero-order chi connectivity index (χ0) is 22.2. The number of anilines is 1. The minimum Gasteiger partial charge on any atom is -0.302 e. The molecule has 3 aromatic rings. The quantitative estimate of drug-likeness (QED) is 0.580. The van der Waals surface area contributed by atoms with Gasteiger partial charge < -0.3 is 5.32 Å². The molecule has 3 heterocycles. The van der Waals surface area contributed by atoms with Gasteiger partial charge in [-0.05, 0) is 49.4 Å². The Morgan fingerprint density at radius 3 is 2.77 bits per heavy atom. The monoisotopic (exact) mass is 483 g/mol. The summed E-state index contributed by atoms with van der Waals surface area (Å²) in [5.41, 5.74) is 0.878. The number of benzene rings is 1. The number of sulfonamides is 1. The molecule has 1 aliphatic heterocycles. The van der Waals surface area contributed by atoms with Gasteiger partial charge in [-0.1, -0.05) is 6.07 Å². The lowest BCUT2D eigenvalue weighted by Crippen LogP contribution is -2.43. The van der Waals surface area contributed by atoms with Crippen LogP contribution in [0.5, 0.6) is 0 Å². The number of amides is 1. The van der Waals surface area contributed by atoms with Crippen molar-refractivity contribution in [3.05, 3.63) is 52.2 Å². The van der Waals surface area contributed by atoms with Crippen LogP contribution in [-0.4, -0.2) is 36.7 Å². The van der Waals surface area contributed by atoms with Gasteiger partial charge in [0.1, 0.15) is 4.21 Å². The number of thiophene rings is 1. The number of piperidine rings is 1. The molecule has 0 aliphatic carbocycles. The molecule has 1 aromatic carbocycles. The van der Waals surface area contributed by atoms with Crippen LogP contribution in [0.25, 0.3) is 11.3 Å². The van der Waals surface area contributed by atoms with Crippen LogP contribution in [0.3, 0.4) is 0 Å². The summed E-state index contributed by atoms with van der Waals surface area (Å²) in [5, 5.41) is 4.80. The molecule has 0 bridgehead atoms. The van der Waals surface area contributed by atoms with Gasteiger partial charge in [-0.3, -0.25) is 4.79 Å². The lowest BCUT2D eigenvalue weighted by molar-refractivity contribution is -0.120. The molecule has 6 nitrogen and oxygen atoms in total. The van der Waals surface area contributed by atoms with E-state index < -0.39 is 27.6 Å². The summed E-state index contributed by atoms with van der Waals surface area (Å²) >= 11 is 2.38. The molecular weight excluding hydrogens is 464 g/mol. The molecule has 0 radical (unpaired) electrons. The highest BCUT2D eigenvalue weighted by Gasteiger charge is 2.34. The maximum absolute atomic E-state index is 13.6. The third kappa shape index (κ3) is 4.54. The second kappa shape index (κ2) is 8.73. The first-order valence-electron chi connectivity index (χ1n) is 9.53. The van der Waals surface area contributed by atoms with Gasteiger partial charge in [-0.25, -0.2) is 22.2 Å². The van der Waals surface area contributed by atoms with Crippen molar-refractivity contribution in [1.82, 2.24) is 9.29 Å². The van der Waals surface area contributed by atoms with Crippen molar-refractivity contribution in [2.75, 3.05) is 18.4 Å². The summed E-state index contributed by atoms with van der Waals surface area (Å²) < 4.78 is 53.9. The van der Waals surface area contributed by atoms with Gasteiger partial charge >= 0.3 is 0 Å². The standard InChI is InChI=1S/C20H19F2N3O3S3/c1-12-18(13-6-7-15(21)16(22)10-13)23-20(30-12)24-19(26)14-4-2-8-25(11-14)31(27,28)17-5-3-9-29-17/h3,5-7,9-10,14H,2,4,8,11H2,1H3,(H,23,24,26). The van der Waals surface area contributed by atoms with Gasteiger partial charge in [-0.2, -0.15) is 4.31 Å². The Morgan fingerprint density at radius 2 is 2.06 bits per heavy atom. The van der Waals surface area contributed by atoms with Gasteiger partial charge in [0.15, 0.2) is 16.8 Å². The average molecular weight is 484 g/mol. The number of aromatic nitrogens is 1. The largest absolute Gasteiger partial charge is 0.302 e. The maximum atomic E-state index is 13.6. The normalized spacial score (nSPS) is 17.6. The zero-order valence-corrected chi connectivity index (χ0v) is 18.9. The van der Waals surface area contributed by atoms with Crippen LogP contribution in [0, 0.1) is 24.5 Å². The third-order valence-corrected chi connectivity index (χ3v) is 9.19. The second-order valence-electron chi connectivity index (χ2n) is 7.18. The summed E-state index contributed by atoms with van der Waals surface area (Å²) in [6, 6.07) is 6.77. The van der Waals surface area contributed by atoms with Gasteiger partial charge in [0.05, 0.1) is 11.6 Å². The summed E-state index contributed by atoms with van der Waals surface area (Å²) in [4.78, 5) is 17.9. The molecule has 1 fully saturated rings. The molecule has 2 aromatic heterocycles. The Morgan fingerprint density at radius 1 is 1.26 bits per heavy atom.